The van der Waals surface area contributed by atoms with Gasteiger partial charge in [0.15, 0.2) is 5.16 Å². The van der Waals surface area contributed by atoms with E-state index in [1.165, 1.54) is 35.8 Å². The molecule has 3 aromatic rings. The van der Waals surface area contributed by atoms with E-state index in [2.05, 4.69) is 27.6 Å². The Hall–Kier alpha value is -2.65. The van der Waals surface area contributed by atoms with E-state index in [-0.39, 0.29) is 11.7 Å². The van der Waals surface area contributed by atoms with Gasteiger partial charge in [-0.15, -0.1) is 21.5 Å². The van der Waals surface area contributed by atoms with Crippen LogP contribution in [-0.2, 0) is 29.4 Å². The van der Waals surface area contributed by atoms with E-state index in [9.17, 15) is 9.59 Å². The summed E-state index contributed by atoms with van der Waals surface area (Å²) >= 11 is 2.65. The summed E-state index contributed by atoms with van der Waals surface area (Å²) in [6.45, 7) is 1.87. The third-order valence-electron chi connectivity index (χ3n) is 4.25. The van der Waals surface area contributed by atoms with Crippen molar-refractivity contribution in [3.05, 3.63) is 58.2 Å². The average molecular weight is 431 g/mol. The summed E-state index contributed by atoms with van der Waals surface area (Å²) in [5.74, 6) is 0.366. The van der Waals surface area contributed by atoms with E-state index in [4.69, 9.17) is 4.74 Å². The van der Waals surface area contributed by atoms with Gasteiger partial charge in [0.05, 0.1) is 18.4 Å². The highest BCUT2D eigenvalue weighted by Crippen LogP contribution is 2.28. The standard InChI is InChI=1S/C20H22N4O3S2/c1-13-11-15(19(26)27-3)18(29-13)21-17(25)12-28-20-23-22-16(24(20)2)10-9-14-7-5-4-6-8-14/h4-8,11H,9-10,12H2,1-3H3,(H,21,25). The Kier molecular flexibility index (Phi) is 7.05. The van der Waals surface area contributed by atoms with E-state index in [0.29, 0.717) is 15.7 Å². The molecule has 2 aromatic heterocycles. The number of amides is 1. The molecule has 0 aliphatic carbocycles. The minimum atomic E-state index is -0.464. The van der Waals surface area contributed by atoms with Crippen molar-refractivity contribution in [2.45, 2.75) is 24.9 Å². The minimum Gasteiger partial charge on any atom is -0.465 e. The second-order valence-corrected chi connectivity index (χ2v) is 8.57. The van der Waals surface area contributed by atoms with Crippen LogP contribution in [0.2, 0.25) is 0 Å². The zero-order chi connectivity index (χ0) is 20.8. The molecule has 9 heteroatoms. The first kappa shape index (κ1) is 21.1. The van der Waals surface area contributed by atoms with Crippen LogP contribution < -0.4 is 5.32 Å². The number of thioether (sulfide) groups is 1. The lowest BCUT2D eigenvalue weighted by atomic mass is 10.1. The number of anilines is 1. The Morgan fingerprint density at radius 1 is 1.21 bits per heavy atom. The van der Waals surface area contributed by atoms with Crippen LogP contribution in [0.3, 0.4) is 0 Å². The summed E-state index contributed by atoms with van der Waals surface area (Å²) < 4.78 is 6.68. The van der Waals surface area contributed by atoms with Crippen molar-refractivity contribution in [1.82, 2.24) is 14.8 Å². The summed E-state index contributed by atoms with van der Waals surface area (Å²) in [7, 11) is 3.22. The smallest absolute Gasteiger partial charge is 0.340 e. The maximum absolute atomic E-state index is 12.4. The van der Waals surface area contributed by atoms with Crippen molar-refractivity contribution >= 4 is 40.0 Å². The van der Waals surface area contributed by atoms with Crippen molar-refractivity contribution < 1.29 is 14.3 Å². The largest absolute Gasteiger partial charge is 0.465 e. The molecule has 1 N–H and O–H groups in total. The fraction of sp³-hybridized carbons (Fsp3) is 0.300. The van der Waals surface area contributed by atoms with E-state index in [1.54, 1.807) is 6.07 Å². The lowest BCUT2D eigenvalue weighted by molar-refractivity contribution is -0.113. The van der Waals surface area contributed by atoms with Crippen molar-refractivity contribution in [3.63, 3.8) is 0 Å². The predicted molar refractivity (Wildman–Crippen MR) is 115 cm³/mol. The van der Waals surface area contributed by atoms with Crippen LogP contribution in [0.25, 0.3) is 0 Å². The lowest BCUT2D eigenvalue weighted by Crippen LogP contribution is -2.16. The van der Waals surface area contributed by atoms with Crippen LogP contribution in [0.4, 0.5) is 5.00 Å². The summed E-state index contributed by atoms with van der Waals surface area (Å²) in [5.41, 5.74) is 1.62. The number of methoxy groups -OCH3 is 1. The Balaban J connectivity index is 1.56. The zero-order valence-corrected chi connectivity index (χ0v) is 18.1. The summed E-state index contributed by atoms with van der Waals surface area (Å²) in [4.78, 5) is 25.1. The van der Waals surface area contributed by atoms with Gasteiger partial charge in [-0.05, 0) is 25.0 Å². The topological polar surface area (TPSA) is 86.1 Å². The molecule has 0 spiro atoms. The molecule has 1 amide bonds. The van der Waals surface area contributed by atoms with Crippen molar-refractivity contribution in [2.75, 3.05) is 18.2 Å². The zero-order valence-electron chi connectivity index (χ0n) is 16.5. The number of aryl methyl sites for hydroxylation is 3. The van der Waals surface area contributed by atoms with Crippen molar-refractivity contribution in [1.29, 1.82) is 0 Å². The van der Waals surface area contributed by atoms with Gasteiger partial charge in [0.1, 0.15) is 10.8 Å². The molecule has 0 aliphatic rings. The first-order valence-corrected chi connectivity index (χ1v) is 10.8. The molecule has 152 valence electrons. The fourth-order valence-electron chi connectivity index (χ4n) is 2.75. The molecular weight excluding hydrogens is 408 g/mol. The number of benzene rings is 1. The van der Waals surface area contributed by atoms with Crippen LogP contribution in [0.1, 0.15) is 26.6 Å². The highest BCUT2D eigenvalue weighted by atomic mass is 32.2. The molecule has 0 bridgehead atoms. The number of aromatic nitrogens is 3. The predicted octanol–water partition coefficient (Wildman–Crippen LogP) is 3.49. The van der Waals surface area contributed by atoms with Crippen molar-refractivity contribution in [2.24, 2.45) is 7.05 Å². The van der Waals surface area contributed by atoms with E-state index in [1.807, 2.05) is 36.7 Å². The number of rotatable bonds is 8. The van der Waals surface area contributed by atoms with Gasteiger partial charge in [-0.25, -0.2) is 4.79 Å². The molecule has 1 aromatic carbocycles. The van der Waals surface area contributed by atoms with E-state index in [0.717, 1.165) is 23.5 Å². The molecule has 3 rings (SSSR count). The van der Waals surface area contributed by atoms with Gasteiger partial charge in [-0.2, -0.15) is 0 Å². The first-order chi connectivity index (χ1) is 14.0. The third kappa shape index (κ3) is 5.45. The quantitative estimate of drug-likeness (QED) is 0.435. The SMILES string of the molecule is COC(=O)c1cc(C)sc1NC(=O)CSc1nnc(CCc2ccccc2)n1C. The number of thiophene rings is 1. The normalized spacial score (nSPS) is 10.7. The molecular formula is C20H22N4O3S2. The maximum atomic E-state index is 12.4. The first-order valence-electron chi connectivity index (χ1n) is 9.01. The third-order valence-corrected chi connectivity index (χ3v) is 6.24. The highest BCUT2D eigenvalue weighted by molar-refractivity contribution is 7.99. The van der Waals surface area contributed by atoms with Crippen LogP contribution in [0.15, 0.2) is 41.6 Å². The monoisotopic (exact) mass is 430 g/mol. The van der Waals surface area contributed by atoms with E-state index >= 15 is 0 Å². The molecule has 0 radical (unpaired) electrons. The Morgan fingerprint density at radius 3 is 2.69 bits per heavy atom. The lowest BCUT2D eigenvalue weighted by Gasteiger charge is -2.06. The van der Waals surface area contributed by atoms with Crippen LogP contribution in [0.5, 0.6) is 0 Å². The molecule has 0 saturated heterocycles. The molecule has 0 atom stereocenters. The van der Waals surface area contributed by atoms with Gasteiger partial charge in [0.25, 0.3) is 0 Å². The average Bonchev–Trinajstić information content (AvgIpc) is 3.27. The number of hydrogen-bond acceptors (Lipinski definition) is 7. The van der Waals surface area contributed by atoms with Crippen molar-refractivity contribution in [3.8, 4) is 0 Å². The molecule has 0 fully saturated rings. The van der Waals surface area contributed by atoms with Crippen LogP contribution in [0, 0.1) is 6.92 Å². The number of ether oxygens (including phenoxy) is 1. The number of nitrogens with one attached hydrogen (secondary N) is 1. The molecule has 0 aliphatic heterocycles. The number of carbonyl (C=O) groups is 2. The van der Waals surface area contributed by atoms with Gasteiger partial charge >= 0.3 is 5.97 Å². The van der Waals surface area contributed by atoms with Gasteiger partial charge in [0.2, 0.25) is 5.91 Å². The summed E-state index contributed by atoms with van der Waals surface area (Å²) in [6, 6.07) is 11.9. The van der Waals surface area contributed by atoms with E-state index < -0.39 is 5.97 Å². The van der Waals surface area contributed by atoms with Gasteiger partial charge in [-0.1, -0.05) is 42.1 Å². The van der Waals surface area contributed by atoms with Crippen LogP contribution in [-0.4, -0.2) is 39.5 Å². The maximum Gasteiger partial charge on any atom is 0.340 e. The molecule has 0 saturated carbocycles. The second kappa shape index (κ2) is 9.71. The second-order valence-electron chi connectivity index (χ2n) is 6.37. The van der Waals surface area contributed by atoms with Gasteiger partial charge < -0.3 is 14.6 Å². The number of hydrogen-bond donors (Lipinski definition) is 1. The molecule has 7 nitrogen and oxygen atoms in total. The Morgan fingerprint density at radius 2 is 1.97 bits per heavy atom. The number of carbonyl (C=O) groups excluding carboxylic acids is 2. The summed E-state index contributed by atoms with van der Waals surface area (Å²) in [5, 5.41) is 12.4. The molecule has 29 heavy (non-hydrogen) atoms. The minimum absolute atomic E-state index is 0.169. The van der Waals surface area contributed by atoms with Gasteiger partial charge in [0, 0.05) is 18.3 Å². The number of nitrogens with zero attached hydrogens (tertiary/aromatic N) is 3. The highest BCUT2D eigenvalue weighted by Gasteiger charge is 2.18. The van der Waals surface area contributed by atoms with Gasteiger partial charge in [-0.3, -0.25) is 4.79 Å². The Labute approximate surface area is 177 Å². The number of esters is 1. The van der Waals surface area contributed by atoms with Crippen LogP contribution >= 0.6 is 23.1 Å². The fourth-order valence-corrected chi connectivity index (χ4v) is 4.40. The summed E-state index contributed by atoms with van der Waals surface area (Å²) in [6.07, 6.45) is 1.66. The Bertz CT molecular complexity index is 999. The molecule has 0 unspecified atom stereocenters. The molecule has 2 heterocycles.